The van der Waals surface area contributed by atoms with E-state index >= 15 is 0 Å². The summed E-state index contributed by atoms with van der Waals surface area (Å²) in [4.78, 5) is 22.4. The van der Waals surface area contributed by atoms with Crippen LogP contribution in [0, 0.1) is 0 Å². The maximum absolute atomic E-state index is 12.7. The lowest BCUT2D eigenvalue weighted by Gasteiger charge is -2.15. The van der Waals surface area contributed by atoms with E-state index in [-0.39, 0.29) is 11.6 Å². The van der Waals surface area contributed by atoms with Gasteiger partial charge in [0.15, 0.2) is 23.0 Å². The summed E-state index contributed by atoms with van der Waals surface area (Å²) >= 11 is 1.40. The molecule has 1 aliphatic heterocycles. The Bertz CT molecular complexity index is 1130. The van der Waals surface area contributed by atoms with Crippen molar-refractivity contribution in [1.29, 1.82) is 0 Å². The van der Waals surface area contributed by atoms with Crippen LogP contribution in [0.2, 0.25) is 0 Å². The molecular formula is C20H13N3O3S. The van der Waals surface area contributed by atoms with Crippen molar-refractivity contribution < 1.29 is 13.9 Å². The van der Waals surface area contributed by atoms with Crippen LogP contribution in [0.4, 0.5) is 5.13 Å². The molecule has 5 rings (SSSR count). The molecule has 0 bridgehead atoms. The van der Waals surface area contributed by atoms with Crippen LogP contribution in [0.15, 0.2) is 65.4 Å². The minimum absolute atomic E-state index is 0.228. The van der Waals surface area contributed by atoms with Gasteiger partial charge >= 0.3 is 0 Å². The van der Waals surface area contributed by atoms with Crippen LogP contribution in [-0.2, 0) is 6.61 Å². The second kappa shape index (κ2) is 6.37. The van der Waals surface area contributed by atoms with Crippen molar-refractivity contribution in [3.63, 3.8) is 0 Å². The van der Waals surface area contributed by atoms with Gasteiger partial charge in [-0.2, -0.15) is 0 Å². The molecule has 0 radical (unpaired) electrons. The number of anilines is 1. The molecule has 0 fully saturated rings. The zero-order valence-corrected chi connectivity index (χ0v) is 14.8. The summed E-state index contributed by atoms with van der Waals surface area (Å²) in [6.07, 6.45) is 1.27. The van der Waals surface area contributed by atoms with Gasteiger partial charge in [0, 0.05) is 11.1 Å². The number of hydrogen-bond donors (Lipinski definition) is 1. The van der Waals surface area contributed by atoms with Crippen molar-refractivity contribution in [3.05, 3.63) is 71.6 Å². The summed E-state index contributed by atoms with van der Waals surface area (Å²) in [5.74, 6) is 0.877. The Morgan fingerprint density at radius 3 is 2.78 bits per heavy atom. The van der Waals surface area contributed by atoms with Crippen molar-refractivity contribution >= 4 is 22.4 Å². The van der Waals surface area contributed by atoms with E-state index in [1.165, 1.54) is 17.7 Å². The summed E-state index contributed by atoms with van der Waals surface area (Å²) in [5, 5.41) is 3.34. The third-order valence-corrected chi connectivity index (χ3v) is 5.18. The minimum atomic E-state index is -0.358. The molecule has 0 saturated heterocycles. The Kier molecular flexibility index (Phi) is 3.72. The molecule has 6 nitrogen and oxygen atoms in total. The molecule has 1 aliphatic rings. The maximum Gasteiger partial charge on any atom is 0.280 e. The largest absolute Gasteiger partial charge is 0.487 e. The number of rotatable bonds is 3. The van der Waals surface area contributed by atoms with Crippen LogP contribution in [0.5, 0.6) is 5.75 Å². The monoisotopic (exact) mass is 375 g/mol. The quantitative estimate of drug-likeness (QED) is 0.566. The normalized spacial score (nSPS) is 12.0. The first kappa shape index (κ1) is 15.8. The van der Waals surface area contributed by atoms with E-state index in [4.69, 9.17) is 9.15 Å². The number of amides is 1. The predicted octanol–water partition coefficient (Wildman–Crippen LogP) is 4.61. The number of nitrogens with one attached hydrogen (secondary N) is 1. The molecule has 1 N–H and O–H groups in total. The smallest absolute Gasteiger partial charge is 0.280 e. The second-order valence-corrected chi connectivity index (χ2v) is 7.01. The number of oxazole rings is 1. The summed E-state index contributed by atoms with van der Waals surface area (Å²) in [6.45, 7) is 0.444. The number of benzene rings is 2. The number of fused-ring (bicyclic) bond motifs is 3. The molecule has 0 atom stereocenters. The SMILES string of the molecule is O=C(Nc1nc2c(s1)COc1ccccc1-2)c1ncoc1-c1ccccc1. The van der Waals surface area contributed by atoms with Gasteiger partial charge in [-0.1, -0.05) is 53.8 Å². The van der Waals surface area contributed by atoms with Gasteiger partial charge in [0.2, 0.25) is 0 Å². The van der Waals surface area contributed by atoms with Crippen molar-refractivity contribution in [2.24, 2.45) is 0 Å². The third kappa shape index (κ3) is 2.78. The van der Waals surface area contributed by atoms with Crippen LogP contribution in [0.1, 0.15) is 15.4 Å². The molecule has 1 amide bonds. The number of carbonyl (C=O) groups is 1. The molecule has 0 saturated carbocycles. The Hall–Kier alpha value is -3.45. The molecular weight excluding hydrogens is 362 g/mol. The Labute approximate surface area is 158 Å². The highest BCUT2D eigenvalue weighted by molar-refractivity contribution is 7.16. The third-order valence-electron chi connectivity index (χ3n) is 4.24. The lowest BCUT2D eigenvalue weighted by Crippen LogP contribution is -2.13. The van der Waals surface area contributed by atoms with Gasteiger partial charge in [-0.25, -0.2) is 9.97 Å². The number of para-hydroxylation sites is 1. The minimum Gasteiger partial charge on any atom is -0.487 e. The molecule has 0 aliphatic carbocycles. The molecule has 7 heteroatoms. The van der Waals surface area contributed by atoms with E-state index in [1.807, 2.05) is 54.6 Å². The number of carbonyl (C=O) groups excluding carboxylic acids is 1. The maximum atomic E-state index is 12.7. The lowest BCUT2D eigenvalue weighted by molar-refractivity contribution is 0.102. The van der Waals surface area contributed by atoms with Crippen LogP contribution in [-0.4, -0.2) is 15.9 Å². The average Bonchev–Trinajstić information content (AvgIpc) is 3.35. The summed E-state index contributed by atoms with van der Waals surface area (Å²) < 4.78 is 11.2. The van der Waals surface area contributed by atoms with Gasteiger partial charge in [0.05, 0.1) is 10.6 Å². The molecule has 2 aromatic carbocycles. The summed E-state index contributed by atoms with van der Waals surface area (Å²) in [6, 6.07) is 17.1. The van der Waals surface area contributed by atoms with Crippen LogP contribution >= 0.6 is 11.3 Å². The Balaban J connectivity index is 1.44. The van der Waals surface area contributed by atoms with Gasteiger partial charge in [-0.15, -0.1) is 0 Å². The molecule has 0 spiro atoms. The molecule has 3 heterocycles. The molecule has 0 unspecified atom stereocenters. The fourth-order valence-electron chi connectivity index (χ4n) is 3.00. The Morgan fingerprint density at radius 2 is 1.89 bits per heavy atom. The fraction of sp³-hybridized carbons (Fsp3) is 0.0500. The Morgan fingerprint density at radius 1 is 1.07 bits per heavy atom. The molecule has 27 heavy (non-hydrogen) atoms. The lowest BCUT2D eigenvalue weighted by atomic mass is 10.1. The van der Waals surface area contributed by atoms with Crippen LogP contribution in [0.3, 0.4) is 0 Å². The van der Waals surface area contributed by atoms with Crippen LogP contribution < -0.4 is 10.1 Å². The first-order valence-electron chi connectivity index (χ1n) is 8.32. The number of nitrogens with zero attached hydrogens (tertiary/aromatic N) is 2. The molecule has 4 aromatic rings. The van der Waals surface area contributed by atoms with Gasteiger partial charge in [-0.05, 0) is 12.1 Å². The molecule has 2 aromatic heterocycles. The van der Waals surface area contributed by atoms with E-state index in [9.17, 15) is 4.79 Å². The first-order valence-corrected chi connectivity index (χ1v) is 9.13. The predicted molar refractivity (Wildman–Crippen MR) is 102 cm³/mol. The van der Waals surface area contributed by atoms with Gasteiger partial charge in [-0.3, -0.25) is 10.1 Å². The second-order valence-electron chi connectivity index (χ2n) is 5.93. The topological polar surface area (TPSA) is 77.2 Å². The van der Waals surface area contributed by atoms with Crippen LogP contribution in [0.25, 0.3) is 22.6 Å². The average molecular weight is 375 g/mol. The van der Waals surface area contributed by atoms with E-state index in [0.717, 1.165) is 27.4 Å². The van der Waals surface area contributed by atoms with Crippen molar-refractivity contribution in [2.45, 2.75) is 6.61 Å². The summed E-state index contributed by atoms with van der Waals surface area (Å²) in [5.41, 5.74) is 2.80. The fourth-order valence-corrected chi connectivity index (χ4v) is 3.89. The van der Waals surface area contributed by atoms with Gasteiger partial charge in [0.25, 0.3) is 5.91 Å². The number of thiazole rings is 1. The zero-order valence-electron chi connectivity index (χ0n) is 14.0. The highest BCUT2D eigenvalue weighted by Gasteiger charge is 2.24. The van der Waals surface area contributed by atoms with E-state index in [1.54, 1.807) is 0 Å². The highest BCUT2D eigenvalue weighted by Crippen LogP contribution is 2.40. The standard InChI is InChI=1S/C20H13N3O3S/c24-19(17-18(26-11-21-17)12-6-2-1-3-7-12)23-20-22-16-13-8-4-5-9-14(13)25-10-15(16)27-20/h1-9,11H,10H2,(H,22,23,24). The van der Waals surface area contributed by atoms with Crippen molar-refractivity contribution in [1.82, 2.24) is 9.97 Å². The van der Waals surface area contributed by atoms with E-state index in [0.29, 0.717) is 17.5 Å². The number of ether oxygens (including phenoxy) is 1. The van der Waals surface area contributed by atoms with E-state index < -0.39 is 0 Å². The number of aromatic nitrogens is 2. The first-order chi connectivity index (χ1) is 13.3. The number of hydrogen-bond acceptors (Lipinski definition) is 6. The van der Waals surface area contributed by atoms with Crippen molar-refractivity contribution in [2.75, 3.05) is 5.32 Å². The van der Waals surface area contributed by atoms with Gasteiger partial charge in [0.1, 0.15) is 12.4 Å². The summed E-state index contributed by atoms with van der Waals surface area (Å²) in [7, 11) is 0. The molecule has 132 valence electrons. The zero-order chi connectivity index (χ0) is 18.2. The highest BCUT2D eigenvalue weighted by atomic mass is 32.1. The van der Waals surface area contributed by atoms with Gasteiger partial charge < -0.3 is 9.15 Å². The van der Waals surface area contributed by atoms with Crippen molar-refractivity contribution in [3.8, 4) is 28.3 Å². The van der Waals surface area contributed by atoms with E-state index in [2.05, 4.69) is 15.3 Å².